The number of rotatable bonds is 9. The van der Waals surface area contributed by atoms with Gasteiger partial charge in [-0.25, -0.2) is 4.39 Å². The summed E-state index contributed by atoms with van der Waals surface area (Å²) in [4.78, 5) is 9.55. The van der Waals surface area contributed by atoms with Gasteiger partial charge >= 0.3 is 6.61 Å². The van der Waals surface area contributed by atoms with Crippen molar-refractivity contribution >= 4 is 5.84 Å². The zero-order valence-electron chi connectivity index (χ0n) is 16.6. The summed E-state index contributed by atoms with van der Waals surface area (Å²) in [5.74, 6) is 0.137. The summed E-state index contributed by atoms with van der Waals surface area (Å²) in [5.41, 5.74) is 7.09. The van der Waals surface area contributed by atoms with Crippen molar-refractivity contribution in [3.05, 3.63) is 71.1 Å². The van der Waals surface area contributed by atoms with Crippen LogP contribution in [0.4, 0.5) is 13.2 Å². The SMILES string of the molecule is COc1cc(C(N)=NOC(C)c2nc(Cc3ccc(F)cc3)no2)ccc1OC(F)F. The van der Waals surface area contributed by atoms with Crippen LogP contribution in [0.2, 0.25) is 0 Å². The molecule has 11 heteroatoms. The fraction of sp³-hybridized carbons (Fsp3) is 0.250. The van der Waals surface area contributed by atoms with Gasteiger partial charge in [-0.2, -0.15) is 13.8 Å². The van der Waals surface area contributed by atoms with E-state index < -0.39 is 12.7 Å². The Hall–Kier alpha value is -3.76. The Morgan fingerprint density at radius 2 is 1.90 bits per heavy atom. The zero-order chi connectivity index (χ0) is 22.4. The molecule has 8 nitrogen and oxygen atoms in total. The second-order valence-electron chi connectivity index (χ2n) is 6.32. The highest BCUT2D eigenvalue weighted by Gasteiger charge is 2.17. The minimum absolute atomic E-state index is 0.0280. The van der Waals surface area contributed by atoms with Crippen LogP contribution >= 0.6 is 0 Å². The van der Waals surface area contributed by atoms with Crippen LogP contribution in [0.5, 0.6) is 11.5 Å². The van der Waals surface area contributed by atoms with Crippen LogP contribution in [0, 0.1) is 5.82 Å². The van der Waals surface area contributed by atoms with E-state index >= 15 is 0 Å². The summed E-state index contributed by atoms with van der Waals surface area (Å²) >= 11 is 0. The molecule has 1 aromatic heterocycles. The van der Waals surface area contributed by atoms with Crippen molar-refractivity contribution in [1.29, 1.82) is 0 Å². The first kappa shape index (κ1) is 21.9. The molecule has 0 spiro atoms. The van der Waals surface area contributed by atoms with Crippen molar-refractivity contribution in [2.24, 2.45) is 10.9 Å². The normalized spacial score (nSPS) is 12.6. The van der Waals surface area contributed by atoms with Crippen molar-refractivity contribution in [3.63, 3.8) is 0 Å². The fourth-order valence-electron chi connectivity index (χ4n) is 2.54. The molecule has 3 aromatic rings. The predicted molar refractivity (Wildman–Crippen MR) is 103 cm³/mol. The highest BCUT2D eigenvalue weighted by Crippen LogP contribution is 2.29. The molecule has 1 unspecified atom stereocenters. The summed E-state index contributed by atoms with van der Waals surface area (Å²) in [6.45, 7) is -1.36. The van der Waals surface area contributed by atoms with Crippen molar-refractivity contribution in [3.8, 4) is 11.5 Å². The van der Waals surface area contributed by atoms with Gasteiger partial charge in [0, 0.05) is 12.0 Å². The number of hydrogen-bond acceptors (Lipinski definition) is 7. The van der Waals surface area contributed by atoms with E-state index in [2.05, 4.69) is 20.0 Å². The predicted octanol–water partition coefficient (Wildman–Crippen LogP) is 3.81. The average Bonchev–Trinajstić information content (AvgIpc) is 3.22. The number of nitrogens with zero attached hydrogens (tertiary/aromatic N) is 3. The first-order valence-electron chi connectivity index (χ1n) is 9.05. The van der Waals surface area contributed by atoms with Crippen LogP contribution in [-0.4, -0.2) is 29.7 Å². The monoisotopic (exact) mass is 436 g/mol. The average molecular weight is 436 g/mol. The number of hydrogen-bond donors (Lipinski definition) is 1. The van der Waals surface area contributed by atoms with Gasteiger partial charge in [0.05, 0.1) is 7.11 Å². The lowest BCUT2D eigenvalue weighted by atomic mass is 10.1. The minimum Gasteiger partial charge on any atom is -0.493 e. The molecule has 3 rings (SSSR count). The minimum atomic E-state index is -2.99. The van der Waals surface area contributed by atoms with Crippen LogP contribution in [0.3, 0.4) is 0 Å². The van der Waals surface area contributed by atoms with Gasteiger partial charge < -0.3 is 24.6 Å². The molecule has 164 valence electrons. The third-order valence-electron chi connectivity index (χ3n) is 4.09. The molecular formula is C20H19F3N4O4. The fourth-order valence-corrected chi connectivity index (χ4v) is 2.54. The second-order valence-corrected chi connectivity index (χ2v) is 6.32. The molecule has 0 bridgehead atoms. The number of ether oxygens (including phenoxy) is 2. The number of halogens is 3. The topological polar surface area (TPSA) is 105 Å². The summed E-state index contributed by atoms with van der Waals surface area (Å²) < 4.78 is 52.4. The largest absolute Gasteiger partial charge is 0.493 e. The van der Waals surface area contributed by atoms with Crippen LogP contribution in [-0.2, 0) is 11.3 Å². The molecule has 0 aliphatic heterocycles. The number of methoxy groups -OCH3 is 1. The Kier molecular flexibility index (Phi) is 6.96. The summed E-state index contributed by atoms with van der Waals surface area (Å²) in [7, 11) is 1.31. The number of amidine groups is 1. The molecule has 2 aromatic carbocycles. The first-order valence-corrected chi connectivity index (χ1v) is 9.05. The van der Waals surface area contributed by atoms with E-state index in [4.69, 9.17) is 19.8 Å². The highest BCUT2D eigenvalue weighted by atomic mass is 19.3. The summed E-state index contributed by atoms with van der Waals surface area (Å²) in [6.07, 6.45) is -0.356. The van der Waals surface area contributed by atoms with Crippen molar-refractivity contribution < 1.29 is 32.0 Å². The molecule has 0 fully saturated rings. The van der Waals surface area contributed by atoms with Gasteiger partial charge in [0.15, 0.2) is 23.2 Å². The molecule has 0 saturated carbocycles. The van der Waals surface area contributed by atoms with Gasteiger partial charge in [-0.1, -0.05) is 22.4 Å². The van der Waals surface area contributed by atoms with Gasteiger partial charge in [0.1, 0.15) is 5.82 Å². The highest BCUT2D eigenvalue weighted by molar-refractivity contribution is 5.97. The number of oxime groups is 1. The molecule has 2 N–H and O–H groups in total. The lowest BCUT2D eigenvalue weighted by Gasteiger charge is -2.11. The standard InChI is InChI=1S/C20H19F3N4O4/c1-11(19-25-17(26-31-19)9-12-3-6-14(21)7-4-12)30-27-18(24)13-5-8-15(29-20(22)23)16(10-13)28-2/h3-8,10-11,20H,9H2,1-2H3,(H2,24,27). The number of aromatic nitrogens is 2. The molecule has 0 saturated heterocycles. The number of nitrogens with two attached hydrogens (primary N) is 1. The molecule has 0 aliphatic carbocycles. The molecule has 0 radical (unpaired) electrons. The van der Waals surface area contributed by atoms with E-state index in [1.165, 1.54) is 37.4 Å². The van der Waals surface area contributed by atoms with Crippen molar-refractivity contribution in [2.75, 3.05) is 7.11 Å². The maximum atomic E-state index is 13.0. The molecular weight excluding hydrogens is 417 g/mol. The number of alkyl halides is 2. The van der Waals surface area contributed by atoms with Crippen molar-refractivity contribution in [2.45, 2.75) is 26.1 Å². The smallest absolute Gasteiger partial charge is 0.387 e. The quantitative estimate of drug-likeness (QED) is 0.309. The lowest BCUT2D eigenvalue weighted by molar-refractivity contribution is -0.0512. The lowest BCUT2D eigenvalue weighted by Crippen LogP contribution is -2.15. The van der Waals surface area contributed by atoms with Gasteiger partial charge in [-0.15, -0.1) is 0 Å². The maximum absolute atomic E-state index is 13.0. The van der Waals surface area contributed by atoms with Crippen LogP contribution in [0.25, 0.3) is 0 Å². The van der Waals surface area contributed by atoms with E-state index in [-0.39, 0.29) is 29.0 Å². The van der Waals surface area contributed by atoms with E-state index in [1.807, 2.05) is 0 Å². The van der Waals surface area contributed by atoms with Gasteiger partial charge in [-0.05, 0) is 42.8 Å². The van der Waals surface area contributed by atoms with Gasteiger partial charge in [0.2, 0.25) is 6.10 Å². The van der Waals surface area contributed by atoms with Crippen LogP contribution in [0.15, 0.2) is 52.1 Å². The van der Waals surface area contributed by atoms with Crippen molar-refractivity contribution in [1.82, 2.24) is 10.1 Å². The van der Waals surface area contributed by atoms with E-state index in [9.17, 15) is 13.2 Å². The molecule has 0 aliphatic rings. The molecule has 0 amide bonds. The zero-order valence-corrected chi connectivity index (χ0v) is 16.6. The van der Waals surface area contributed by atoms with Crippen LogP contribution < -0.4 is 15.2 Å². The Morgan fingerprint density at radius 1 is 1.16 bits per heavy atom. The maximum Gasteiger partial charge on any atom is 0.387 e. The van der Waals surface area contributed by atoms with E-state index in [0.717, 1.165) is 5.56 Å². The molecule has 31 heavy (non-hydrogen) atoms. The van der Waals surface area contributed by atoms with Gasteiger partial charge in [0.25, 0.3) is 5.89 Å². The third-order valence-corrected chi connectivity index (χ3v) is 4.09. The van der Waals surface area contributed by atoms with Crippen LogP contribution in [0.1, 0.15) is 35.9 Å². The summed E-state index contributed by atoms with van der Waals surface area (Å²) in [5, 5.41) is 7.69. The van der Waals surface area contributed by atoms with Gasteiger partial charge in [-0.3, -0.25) is 0 Å². The Labute approximate surface area is 175 Å². The Bertz CT molecular complexity index is 1040. The molecule has 1 atom stereocenters. The van der Waals surface area contributed by atoms with E-state index in [0.29, 0.717) is 17.8 Å². The van der Waals surface area contributed by atoms with E-state index in [1.54, 1.807) is 19.1 Å². The molecule has 1 heterocycles. The first-order chi connectivity index (χ1) is 14.9. The Morgan fingerprint density at radius 3 is 2.58 bits per heavy atom. The third kappa shape index (κ3) is 5.87. The number of benzene rings is 2. The Balaban J connectivity index is 1.64. The summed E-state index contributed by atoms with van der Waals surface area (Å²) in [6, 6.07) is 10.1. The second kappa shape index (κ2) is 9.83.